The smallest absolute Gasteiger partial charge is 0.325 e. The second kappa shape index (κ2) is 6.30. The molecule has 2 heterocycles. The van der Waals surface area contributed by atoms with Crippen molar-refractivity contribution in [2.75, 3.05) is 6.54 Å². The molecule has 1 atom stereocenters. The number of aromatic nitrogens is 1. The van der Waals surface area contributed by atoms with E-state index in [0.29, 0.717) is 12.0 Å². The quantitative estimate of drug-likeness (QED) is 0.533. The van der Waals surface area contributed by atoms with E-state index >= 15 is 0 Å². The fraction of sp³-hybridized carbons (Fsp3) is 0.261. The van der Waals surface area contributed by atoms with Crippen LogP contribution in [0.5, 0.6) is 0 Å². The Balaban J connectivity index is 1.49. The SMILES string of the molecule is Cc1[nH]c2ccccc2c1C(=O)CN1C(=O)N[C@@]2(CCCc3ccccc32)C1=O. The minimum absolute atomic E-state index is 0.246. The van der Waals surface area contributed by atoms with Gasteiger partial charge in [0.05, 0.1) is 6.54 Å². The van der Waals surface area contributed by atoms with E-state index in [-0.39, 0.29) is 18.2 Å². The van der Waals surface area contributed by atoms with Crippen molar-refractivity contribution in [1.82, 2.24) is 15.2 Å². The number of aromatic amines is 1. The number of para-hydroxylation sites is 1. The van der Waals surface area contributed by atoms with Crippen LogP contribution in [-0.4, -0.2) is 34.2 Å². The van der Waals surface area contributed by atoms with Crippen LogP contribution in [-0.2, 0) is 16.8 Å². The molecule has 1 aliphatic heterocycles. The number of hydrogen-bond acceptors (Lipinski definition) is 3. The highest BCUT2D eigenvalue weighted by Gasteiger charge is 2.54. The molecule has 2 aliphatic rings. The van der Waals surface area contributed by atoms with Gasteiger partial charge in [0.2, 0.25) is 0 Å². The van der Waals surface area contributed by atoms with Crippen molar-refractivity contribution in [3.63, 3.8) is 0 Å². The molecule has 29 heavy (non-hydrogen) atoms. The molecule has 2 aromatic carbocycles. The second-order valence-corrected chi connectivity index (χ2v) is 7.83. The summed E-state index contributed by atoms with van der Waals surface area (Å²) in [5.74, 6) is -0.579. The Morgan fingerprint density at radius 1 is 1.10 bits per heavy atom. The van der Waals surface area contributed by atoms with Gasteiger partial charge in [0.1, 0.15) is 5.54 Å². The van der Waals surface area contributed by atoms with E-state index in [1.807, 2.05) is 55.5 Å². The van der Waals surface area contributed by atoms with E-state index < -0.39 is 11.6 Å². The van der Waals surface area contributed by atoms with Crippen LogP contribution in [0, 0.1) is 6.92 Å². The number of fused-ring (bicyclic) bond motifs is 3. The first-order chi connectivity index (χ1) is 14.0. The summed E-state index contributed by atoms with van der Waals surface area (Å²) in [5.41, 5.74) is 3.01. The number of ketones is 1. The van der Waals surface area contributed by atoms with Crippen LogP contribution in [0.1, 0.15) is 40.0 Å². The Kier molecular flexibility index (Phi) is 3.84. The third kappa shape index (κ3) is 2.52. The Hall–Kier alpha value is -3.41. The number of carbonyl (C=O) groups excluding carboxylic acids is 3. The molecule has 0 unspecified atom stereocenters. The van der Waals surface area contributed by atoms with Crippen molar-refractivity contribution in [2.45, 2.75) is 31.7 Å². The lowest BCUT2D eigenvalue weighted by Gasteiger charge is -2.33. The summed E-state index contributed by atoms with van der Waals surface area (Å²) in [5, 5.41) is 3.71. The molecular weight excluding hydrogens is 366 g/mol. The number of benzene rings is 2. The summed E-state index contributed by atoms with van der Waals surface area (Å²) < 4.78 is 0. The molecule has 2 N–H and O–H groups in total. The van der Waals surface area contributed by atoms with Crippen molar-refractivity contribution >= 4 is 28.6 Å². The van der Waals surface area contributed by atoms with E-state index in [4.69, 9.17) is 0 Å². The van der Waals surface area contributed by atoms with Gasteiger partial charge >= 0.3 is 6.03 Å². The van der Waals surface area contributed by atoms with Gasteiger partial charge in [-0.3, -0.25) is 14.5 Å². The van der Waals surface area contributed by atoms with Gasteiger partial charge in [-0.05, 0) is 43.4 Å². The average Bonchev–Trinajstić information content (AvgIpc) is 3.17. The van der Waals surface area contributed by atoms with Crippen molar-refractivity contribution < 1.29 is 14.4 Å². The van der Waals surface area contributed by atoms with Crippen LogP contribution in [0.3, 0.4) is 0 Å². The Labute approximate surface area is 167 Å². The maximum atomic E-state index is 13.4. The Morgan fingerprint density at radius 3 is 2.72 bits per heavy atom. The fourth-order valence-corrected chi connectivity index (χ4v) is 4.81. The van der Waals surface area contributed by atoms with E-state index in [1.165, 1.54) is 0 Å². The third-order valence-electron chi connectivity index (χ3n) is 6.12. The molecular formula is C23H21N3O3. The Bertz CT molecular complexity index is 1180. The lowest BCUT2D eigenvalue weighted by Crippen LogP contribution is -2.46. The van der Waals surface area contributed by atoms with Gasteiger partial charge in [0, 0.05) is 22.2 Å². The maximum Gasteiger partial charge on any atom is 0.325 e. The van der Waals surface area contributed by atoms with Gasteiger partial charge in [-0.15, -0.1) is 0 Å². The number of Topliss-reactive ketones (excluding diaryl/α,β-unsaturated/α-hetero) is 1. The molecule has 0 bridgehead atoms. The van der Waals surface area contributed by atoms with Crippen LogP contribution in [0.25, 0.3) is 10.9 Å². The number of urea groups is 1. The highest BCUT2D eigenvalue weighted by Crippen LogP contribution is 2.40. The number of carbonyl (C=O) groups is 3. The molecule has 6 heteroatoms. The van der Waals surface area contributed by atoms with Gasteiger partial charge in [-0.2, -0.15) is 0 Å². The van der Waals surface area contributed by atoms with E-state index in [1.54, 1.807) is 0 Å². The average molecular weight is 387 g/mol. The zero-order valence-corrected chi connectivity index (χ0v) is 16.1. The molecule has 1 aliphatic carbocycles. The predicted octanol–water partition coefficient (Wildman–Crippen LogP) is 3.44. The number of H-pyrrole nitrogens is 1. The zero-order valence-electron chi connectivity index (χ0n) is 16.1. The molecule has 1 aromatic heterocycles. The van der Waals surface area contributed by atoms with E-state index in [2.05, 4.69) is 10.3 Å². The summed E-state index contributed by atoms with van der Waals surface area (Å²) >= 11 is 0. The predicted molar refractivity (Wildman–Crippen MR) is 109 cm³/mol. The molecule has 3 aromatic rings. The number of nitrogens with zero attached hydrogens (tertiary/aromatic N) is 1. The van der Waals surface area contributed by atoms with Gasteiger partial charge in [0.15, 0.2) is 5.78 Å². The number of nitrogens with one attached hydrogen (secondary N) is 2. The zero-order chi connectivity index (χ0) is 20.2. The lowest BCUT2D eigenvalue weighted by atomic mass is 9.76. The molecule has 5 rings (SSSR count). The van der Waals surface area contributed by atoms with E-state index in [0.717, 1.165) is 45.5 Å². The molecule has 6 nitrogen and oxygen atoms in total. The molecule has 0 saturated carbocycles. The first-order valence-electron chi connectivity index (χ1n) is 9.84. The van der Waals surface area contributed by atoms with Gasteiger partial charge in [-0.25, -0.2) is 4.79 Å². The molecule has 146 valence electrons. The van der Waals surface area contributed by atoms with Crippen LogP contribution < -0.4 is 5.32 Å². The van der Waals surface area contributed by atoms with Crippen LogP contribution >= 0.6 is 0 Å². The van der Waals surface area contributed by atoms with Crippen LogP contribution in [0.4, 0.5) is 4.79 Å². The lowest BCUT2D eigenvalue weighted by molar-refractivity contribution is -0.131. The van der Waals surface area contributed by atoms with Crippen molar-refractivity contribution in [1.29, 1.82) is 0 Å². The van der Waals surface area contributed by atoms with Crippen LogP contribution in [0.15, 0.2) is 48.5 Å². The molecule has 0 radical (unpaired) electrons. The minimum atomic E-state index is -1.05. The number of aryl methyl sites for hydroxylation is 2. The van der Waals surface area contributed by atoms with Gasteiger partial charge in [0.25, 0.3) is 5.91 Å². The van der Waals surface area contributed by atoms with Crippen molar-refractivity contribution in [3.8, 4) is 0 Å². The van der Waals surface area contributed by atoms with E-state index in [9.17, 15) is 14.4 Å². The maximum absolute atomic E-state index is 13.4. The van der Waals surface area contributed by atoms with Crippen molar-refractivity contribution in [3.05, 3.63) is 70.9 Å². The summed E-state index contributed by atoms with van der Waals surface area (Å²) in [7, 11) is 0. The van der Waals surface area contributed by atoms with Crippen LogP contribution in [0.2, 0.25) is 0 Å². The summed E-state index contributed by atoms with van der Waals surface area (Å²) in [4.78, 5) is 43.5. The standard InChI is InChI=1S/C23H21N3O3/c1-14-20(16-9-3-5-11-18(16)24-14)19(27)13-26-21(28)23(25-22(26)29)12-6-8-15-7-2-4-10-17(15)23/h2-5,7,9-11,24H,6,8,12-13H2,1H3,(H,25,29)/t23-/m1/s1. The molecule has 1 spiro atoms. The van der Waals surface area contributed by atoms with Gasteiger partial charge in [-0.1, -0.05) is 42.5 Å². The summed E-state index contributed by atoms with van der Waals surface area (Å²) in [6.07, 6.45) is 2.24. The summed E-state index contributed by atoms with van der Waals surface area (Å²) in [6, 6.07) is 14.8. The van der Waals surface area contributed by atoms with Crippen molar-refractivity contribution in [2.24, 2.45) is 0 Å². The fourth-order valence-electron chi connectivity index (χ4n) is 4.81. The number of hydrogen-bond donors (Lipinski definition) is 2. The number of imide groups is 1. The third-order valence-corrected chi connectivity index (χ3v) is 6.12. The number of rotatable bonds is 3. The molecule has 1 saturated heterocycles. The molecule has 3 amide bonds. The highest BCUT2D eigenvalue weighted by molar-refractivity contribution is 6.15. The summed E-state index contributed by atoms with van der Waals surface area (Å²) in [6.45, 7) is 1.56. The van der Waals surface area contributed by atoms with Gasteiger partial charge < -0.3 is 10.3 Å². The Morgan fingerprint density at radius 2 is 1.86 bits per heavy atom. The first-order valence-corrected chi connectivity index (χ1v) is 9.84. The number of amides is 3. The minimum Gasteiger partial charge on any atom is -0.358 e. The topological polar surface area (TPSA) is 82.3 Å². The highest BCUT2D eigenvalue weighted by atomic mass is 16.2. The molecule has 1 fully saturated rings. The largest absolute Gasteiger partial charge is 0.358 e. The first kappa shape index (κ1) is 17.7. The second-order valence-electron chi connectivity index (χ2n) is 7.83. The normalized spacial score (nSPS) is 20.9. The monoisotopic (exact) mass is 387 g/mol.